The minimum atomic E-state index is -0.515. The van der Waals surface area contributed by atoms with Gasteiger partial charge in [0.05, 0.1) is 11.0 Å². The predicted molar refractivity (Wildman–Crippen MR) is 110 cm³/mol. The molecule has 1 aromatic heterocycles. The molecule has 0 atom stereocenters. The first-order chi connectivity index (χ1) is 14.0. The zero-order valence-corrected chi connectivity index (χ0v) is 15.9. The average Bonchev–Trinajstić information content (AvgIpc) is 3.07. The molecule has 29 heavy (non-hydrogen) atoms. The molecule has 1 amide bonds. The average molecular weight is 408 g/mol. The van der Waals surface area contributed by atoms with Crippen molar-refractivity contribution >= 4 is 40.0 Å². The molecule has 0 spiro atoms. The van der Waals surface area contributed by atoms with E-state index in [9.17, 15) is 14.0 Å². The number of carbonyl (C=O) groups excluding carboxylic acids is 2. The van der Waals surface area contributed by atoms with E-state index in [1.165, 1.54) is 22.8 Å². The van der Waals surface area contributed by atoms with Gasteiger partial charge in [-0.3, -0.25) is 9.59 Å². The first kappa shape index (κ1) is 18.8. The number of anilines is 1. The molecule has 1 heterocycles. The summed E-state index contributed by atoms with van der Waals surface area (Å²) in [5.74, 6) is -1.23. The van der Waals surface area contributed by atoms with Gasteiger partial charge >= 0.3 is 0 Å². The number of benzene rings is 3. The van der Waals surface area contributed by atoms with Crippen LogP contribution in [0, 0.1) is 5.82 Å². The van der Waals surface area contributed by atoms with Gasteiger partial charge in [-0.05, 0) is 48.5 Å². The number of rotatable bonds is 5. The van der Waals surface area contributed by atoms with Gasteiger partial charge < -0.3 is 9.88 Å². The topological polar surface area (TPSA) is 64.0 Å². The summed E-state index contributed by atoms with van der Waals surface area (Å²) in [5, 5.41) is 3.33. The number of fused-ring (bicyclic) bond motifs is 1. The van der Waals surface area contributed by atoms with Crippen LogP contribution in [0.2, 0.25) is 5.02 Å². The number of hydrogen-bond acceptors (Lipinski definition) is 3. The van der Waals surface area contributed by atoms with E-state index in [2.05, 4.69) is 10.3 Å². The highest BCUT2D eigenvalue weighted by molar-refractivity contribution is 6.30. The van der Waals surface area contributed by atoms with Gasteiger partial charge in [0.15, 0.2) is 5.82 Å². The second-order valence-electron chi connectivity index (χ2n) is 6.40. The summed E-state index contributed by atoms with van der Waals surface area (Å²) in [4.78, 5) is 30.0. The maximum absolute atomic E-state index is 13.6. The largest absolute Gasteiger partial charge is 0.325 e. The molecule has 0 aliphatic rings. The van der Waals surface area contributed by atoms with Gasteiger partial charge in [0.25, 0.3) is 0 Å². The lowest BCUT2D eigenvalue weighted by molar-refractivity contribution is -0.116. The Balaban J connectivity index is 1.69. The monoisotopic (exact) mass is 407 g/mol. The van der Waals surface area contributed by atoms with E-state index in [1.807, 2.05) is 0 Å². The third-order valence-corrected chi connectivity index (χ3v) is 4.63. The Morgan fingerprint density at radius 2 is 1.76 bits per heavy atom. The Kier molecular flexibility index (Phi) is 5.10. The van der Waals surface area contributed by atoms with Gasteiger partial charge in [-0.15, -0.1) is 0 Å². The van der Waals surface area contributed by atoms with Crippen LogP contribution in [0.3, 0.4) is 0 Å². The third-order valence-electron chi connectivity index (χ3n) is 4.37. The molecule has 0 unspecified atom stereocenters. The van der Waals surface area contributed by atoms with Crippen molar-refractivity contribution < 1.29 is 14.0 Å². The third kappa shape index (κ3) is 4.02. The van der Waals surface area contributed by atoms with E-state index in [0.29, 0.717) is 21.7 Å². The van der Waals surface area contributed by atoms with E-state index in [1.54, 1.807) is 48.5 Å². The first-order valence-electron chi connectivity index (χ1n) is 8.82. The number of imidazole rings is 1. The van der Waals surface area contributed by atoms with E-state index in [4.69, 9.17) is 11.6 Å². The fourth-order valence-electron chi connectivity index (χ4n) is 3.05. The molecule has 4 aromatic rings. The van der Waals surface area contributed by atoms with Gasteiger partial charge in [0.1, 0.15) is 12.4 Å². The van der Waals surface area contributed by atoms with Crippen molar-refractivity contribution in [1.82, 2.24) is 9.55 Å². The number of amides is 1. The second kappa shape index (κ2) is 7.85. The van der Waals surface area contributed by atoms with Crippen LogP contribution in [0.15, 0.2) is 72.8 Å². The van der Waals surface area contributed by atoms with Gasteiger partial charge in [0, 0.05) is 16.3 Å². The van der Waals surface area contributed by atoms with E-state index >= 15 is 0 Å². The molecular weight excluding hydrogens is 393 g/mol. The number of para-hydroxylation sites is 2. The molecule has 5 nitrogen and oxygen atoms in total. The second-order valence-corrected chi connectivity index (χ2v) is 6.84. The summed E-state index contributed by atoms with van der Waals surface area (Å²) in [7, 11) is 0. The molecule has 4 rings (SSSR count). The number of ketones is 1. The van der Waals surface area contributed by atoms with Crippen LogP contribution in [0.25, 0.3) is 11.0 Å². The fraction of sp³-hybridized carbons (Fsp3) is 0.0455. The number of nitrogens with zero attached hydrogens (tertiary/aromatic N) is 2. The number of carbonyl (C=O) groups is 2. The molecule has 0 saturated heterocycles. The molecule has 144 valence electrons. The van der Waals surface area contributed by atoms with Crippen LogP contribution >= 0.6 is 11.6 Å². The Labute approximate surface area is 170 Å². The zero-order valence-electron chi connectivity index (χ0n) is 15.1. The number of nitrogens with one attached hydrogen (secondary N) is 1. The van der Waals surface area contributed by atoms with Crippen LogP contribution < -0.4 is 5.32 Å². The molecule has 0 saturated carbocycles. The van der Waals surface area contributed by atoms with Crippen molar-refractivity contribution in [2.75, 3.05) is 5.32 Å². The van der Waals surface area contributed by atoms with E-state index < -0.39 is 11.6 Å². The quantitative estimate of drug-likeness (QED) is 0.488. The smallest absolute Gasteiger partial charge is 0.244 e. The molecule has 7 heteroatoms. The summed E-state index contributed by atoms with van der Waals surface area (Å²) in [6.07, 6.45) is 0. The molecule has 0 bridgehead atoms. The van der Waals surface area contributed by atoms with E-state index in [-0.39, 0.29) is 23.8 Å². The Hall–Kier alpha value is -3.51. The van der Waals surface area contributed by atoms with E-state index in [0.717, 1.165) is 6.07 Å². The highest BCUT2D eigenvalue weighted by atomic mass is 35.5. The Bertz CT molecular complexity index is 1220. The Morgan fingerprint density at radius 3 is 2.52 bits per heavy atom. The maximum atomic E-state index is 13.6. The standard InChI is InChI=1S/C22H15ClFN3O2/c23-15-8-10-17(11-9-15)25-20(28)13-27-19-7-2-1-6-18(19)26-22(27)21(29)14-4-3-5-16(24)12-14/h1-12H,13H2,(H,25,28). The summed E-state index contributed by atoms with van der Waals surface area (Å²) < 4.78 is 15.1. The molecule has 0 fully saturated rings. The van der Waals surface area contributed by atoms with Crippen LogP contribution in [-0.2, 0) is 11.3 Å². The normalized spacial score (nSPS) is 10.8. The Morgan fingerprint density at radius 1 is 1.00 bits per heavy atom. The maximum Gasteiger partial charge on any atom is 0.244 e. The fourth-order valence-corrected chi connectivity index (χ4v) is 3.17. The van der Waals surface area contributed by atoms with Crippen molar-refractivity contribution in [2.24, 2.45) is 0 Å². The van der Waals surface area contributed by atoms with Crippen LogP contribution in [0.1, 0.15) is 16.2 Å². The van der Waals surface area contributed by atoms with Gasteiger partial charge in [-0.1, -0.05) is 35.9 Å². The summed E-state index contributed by atoms with van der Waals surface area (Å²) in [5.41, 5.74) is 1.96. The highest BCUT2D eigenvalue weighted by Gasteiger charge is 2.21. The van der Waals surface area contributed by atoms with Crippen LogP contribution in [0.5, 0.6) is 0 Å². The molecule has 0 radical (unpaired) electrons. The van der Waals surface area contributed by atoms with Crippen molar-refractivity contribution in [3.63, 3.8) is 0 Å². The SMILES string of the molecule is O=C(Cn1c(C(=O)c2cccc(F)c2)nc2ccccc21)Nc1ccc(Cl)cc1. The van der Waals surface area contributed by atoms with Crippen LogP contribution in [-0.4, -0.2) is 21.2 Å². The predicted octanol–water partition coefficient (Wildman–Crippen LogP) is 4.70. The van der Waals surface area contributed by atoms with Crippen LogP contribution in [0.4, 0.5) is 10.1 Å². The molecule has 3 aromatic carbocycles. The summed E-state index contributed by atoms with van der Waals surface area (Å²) in [6, 6.07) is 19.2. The van der Waals surface area contributed by atoms with Gasteiger partial charge in [0.2, 0.25) is 11.7 Å². The molecular formula is C22H15ClFN3O2. The first-order valence-corrected chi connectivity index (χ1v) is 9.20. The van der Waals surface area contributed by atoms with Gasteiger partial charge in [-0.2, -0.15) is 0 Å². The minimum Gasteiger partial charge on any atom is -0.325 e. The van der Waals surface area contributed by atoms with Gasteiger partial charge in [-0.25, -0.2) is 9.37 Å². The van der Waals surface area contributed by atoms with Crippen molar-refractivity contribution in [1.29, 1.82) is 0 Å². The van der Waals surface area contributed by atoms with Crippen molar-refractivity contribution in [3.8, 4) is 0 Å². The number of halogens is 2. The summed E-state index contributed by atoms with van der Waals surface area (Å²) in [6.45, 7) is -0.125. The number of aromatic nitrogens is 2. The molecule has 0 aliphatic carbocycles. The lowest BCUT2D eigenvalue weighted by Crippen LogP contribution is -2.22. The number of hydrogen-bond donors (Lipinski definition) is 1. The molecule has 0 aliphatic heterocycles. The summed E-state index contributed by atoms with van der Waals surface area (Å²) >= 11 is 5.86. The lowest BCUT2D eigenvalue weighted by atomic mass is 10.1. The lowest BCUT2D eigenvalue weighted by Gasteiger charge is -2.10. The highest BCUT2D eigenvalue weighted by Crippen LogP contribution is 2.20. The zero-order chi connectivity index (χ0) is 20.4. The van der Waals surface area contributed by atoms with Crippen molar-refractivity contribution in [3.05, 3.63) is 95.0 Å². The minimum absolute atomic E-state index is 0.0723. The van der Waals surface area contributed by atoms with Crippen molar-refractivity contribution in [2.45, 2.75) is 6.54 Å². The molecule has 1 N–H and O–H groups in total.